The van der Waals surface area contributed by atoms with Crippen LogP contribution < -0.4 is 0 Å². The highest BCUT2D eigenvalue weighted by molar-refractivity contribution is 7.22. The lowest BCUT2D eigenvalue weighted by Crippen LogP contribution is -1.79. The summed E-state index contributed by atoms with van der Waals surface area (Å²) in [6, 6.07) is 9.86. The van der Waals surface area contributed by atoms with Gasteiger partial charge in [-0.25, -0.2) is 4.98 Å². The van der Waals surface area contributed by atoms with E-state index >= 15 is 0 Å². The Morgan fingerprint density at radius 3 is 2.82 bits per heavy atom. The van der Waals surface area contributed by atoms with Crippen LogP contribution in [0.2, 0.25) is 0 Å². The first kappa shape index (κ1) is 9.94. The summed E-state index contributed by atoms with van der Waals surface area (Å²) in [5.74, 6) is 0. The number of fused-ring (bicyclic) bond motifs is 1. The Morgan fingerprint density at radius 2 is 2.06 bits per heavy atom. The second-order valence-corrected chi connectivity index (χ2v) is 4.51. The molecule has 0 radical (unpaired) electrons. The molecule has 0 amide bonds. The minimum absolute atomic E-state index is 0.686. The molecule has 0 aliphatic carbocycles. The molecule has 0 saturated heterocycles. The summed E-state index contributed by atoms with van der Waals surface area (Å²) < 4.78 is 0. The van der Waals surface area contributed by atoms with E-state index < -0.39 is 0 Å². The van der Waals surface area contributed by atoms with E-state index in [1.54, 1.807) is 18.6 Å². The molecule has 0 bridgehead atoms. The zero-order chi connectivity index (χ0) is 11.7. The van der Waals surface area contributed by atoms with Crippen LogP contribution in [0.5, 0.6) is 0 Å². The molecule has 0 atom stereocenters. The maximum Gasteiger partial charge on any atom is 0.125 e. The Balaban J connectivity index is 2.35. The minimum Gasteiger partial charge on any atom is -0.264 e. The van der Waals surface area contributed by atoms with Crippen LogP contribution in [0.15, 0.2) is 42.9 Å². The molecule has 0 unspecified atom stereocenters. The van der Waals surface area contributed by atoms with E-state index in [1.165, 1.54) is 11.3 Å². The number of rotatable bonds is 1. The van der Waals surface area contributed by atoms with Crippen molar-refractivity contribution in [3.05, 3.63) is 48.4 Å². The number of hydrogen-bond acceptors (Lipinski definition) is 4. The van der Waals surface area contributed by atoms with Crippen molar-refractivity contribution in [2.24, 2.45) is 0 Å². The van der Waals surface area contributed by atoms with E-state index in [2.05, 4.69) is 16.0 Å². The van der Waals surface area contributed by atoms with E-state index in [9.17, 15) is 5.26 Å². The van der Waals surface area contributed by atoms with Crippen molar-refractivity contribution in [1.29, 1.82) is 5.26 Å². The van der Waals surface area contributed by atoms with Gasteiger partial charge in [0.05, 0.1) is 10.4 Å². The highest BCUT2D eigenvalue weighted by Gasteiger charge is 2.13. The fourth-order valence-corrected chi connectivity index (χ4v) is 2.83. The van der Waals surface area contributed by atoms with Gasteiger partial charge in [0.15, 0.2) is 0 Å². The number of thiophene rings is 1. The molecule has 17 heavy (non-hydrogen) atoms. The summed E-state index contributed by atoms with van der Waals surface area (Å²) in [7, 11) is 0. The fourth-order valence-electron chi connectivity index (χ4n) is 1.74. The maximum atomic E-state index is 9.28. The molecule has 3 nitrogen and oxygen atoms in total. The lowest BCUT2D eigenvalue weighted by molar-refractivity contribution is 1.33. The molecule has 3 aromatic rings. The van der Waals surface area contributed by atoms with E-state index in [0.29, 0.717) is 5.56 Å². The molecule has 0 aromatic carbocycles. The van der Waals surface area contributed by atoms with Gasteiger partial charge in [-0.1, -0.05) is 6.07 Å². The average Bonchev–Trinajstić information content (AvgIpc) is 2.78. The Bertz CT molecular complexity index is 710. The first-order valence-electron chi connectivity index (χ1n) is 5.08. The lowest BCUT2D eigenvalue weighted by atomic mass is 10.1. The summed E-state index contributed by atoms with van der Waals surface area (Å²) in [5, 5.41) is 10.2. The van der Waals surface area contributed by atoms with Crippen LogP contribution in [0.4, 0.5) is 0 Å². The van der Waals surface area contributed by atoms with Crippen LogP contribution >= 0.6 is 11.3 Å². The predicted octanol–water partition coefficient (Wildman–Crippen LogP) is 3.23. The van der Waals surface area contributed by atoms with Gasteiger partial charge in [0.1, 0.15) is 10.9 Å². The van der Waals surface area contributed by atoms with E-state index in [0.717, 1.165) is 20.7 Å². The monoisotopic (exact) mass is 237 g/mol. The molecule has 4 heteroatoms. The molecule has 80 valence electrons. The van der Waals surface area contributed by atoms with Crippen molar-refractivity contribution in [2.45, 2.75) is 0 Å². The van der Waals surface area contributed by atoms with Gasteiger partial charge in [0.2, 0.25) is 0 Å². The van der Waals surface area contributed by atoms with E-state index in [4.69, 9.17) is 0 Å². The van der Waals surface area contributed by atoms with Crippen molar-refractivity contribution < 1.29 is 0 Å². The van der Waals surface area contributed by atoms with Crippen molar-refractivity contribution >= 4 is 21.6 Å². The zero-order valence-corrected chi connectivity index (χ0v) is 9.61. The first-order valence-corrected chi connectivity index (χ1v) is 5.90. The molecule has 3 rings (SSSR count). The molecular formula is C13H7N3S. The highest BCUT2D eigenvalue weighted by atomic mass is 32.1. The Labute approximate surface area is 102 Å². The van der Waals surface area contributed by atoms with Crippen LogP contribution in [-0.4, -0.2) is 9.97 Å². The lowest BCUT2D eigenvalue weighted by Gasteiger charge is -1.95. The number of pyridine rings is 2. The Morgan fingerprint density at radius 1 is 1.18 bits per heavy atom. The summed E-state index contributed by atoms with van der Waals surface area (Å²) in [6.45, 7) is 0. The molecule has 3 heterocycles. The third-order valence-corrected chi connectivity index (χ3v) is 3.66. The second-order valence-electron chi connectivity index (χ2n) is 3.52. The predicted molar refractivity (Wildman–Crippen MR) is 67.6 cm³/mol. The molecule has 0 spiro atoms. The van der Waals surface area contributed by atoms with Gasteiger partial charge in [0.25, 0.3) is 0 Å². The van der Waals surface area contributed by atoms with Gasteiger partial charge in [-0.05, 0) is 18.2 Å². The van der Waals surface area contributed by atoms with Crippen LogP contribution in [0.3, 0.4) is 0 Å². The van der Waals surface area contributed by atoms with E-state index in [1.807, 2.05) is 24.3 Å². The van der Waals surface area contributed by atoms with Crippen molar-refractivity contribution in [3.8, 4) is 16.5 Å². The third kappa shape index (κ3) is 1.57. The number of nitrogens with zero attached hydrogens (tertiary/aromatic N) is 3. The number of aromatic nitrogens is 2. The molecule has 0 fully saturated rings. The molecule has 3 aromatic heterocycles. The number of hydrogen-bond donors (Lipinski definition) is 0. The molecule has 0 N–H and O–H groups in total. The maximum absolute atomic E-state index is 9.28. The van der Waals surface area contributed by atoms with Gasteiger partial charge < -0.3 is 0 Å². The van der Waals surface area contributed by atoms with Crippen LogP contribution in [0.25, 0.3) is 20.7 Å². The quantitative estimate of drug-likeness (QED) is 0.652. The molecule has 0 aliphatic heterocycles. The van der Waals surface area contributed by atoms with Crippen LogP contribution in [0, 0.1) is 11.3 Å². The molecule has 0 aliphatic rings. The standard InChI is InChI=1S/C13H7N3S/c14-7-11-10-4-2-6-16-13(10)17-12(11)9-3-1-5-15-8-9/h1-6,8H. The normalized spacial score (nSPS) is 10.3. The van der Waals surface area contributed by atoms with Crippen LogP contribution in [0.1, 0.15) is 5.56 Å². The largest absolute Gasteiger partial charge is 0.264 e. The highest BCUT2D eigenvalue weighted by Crippen LogP contribution is 2.36. The van der Waals surface area contributed by atoms with Gasteiger partial charge in [-0.15, -0.1) is 11.3 Å². The van der Waals surface area contributed by atoms with Gasteiger partial charge >= 0.3 is 0 Å². The third-order valence-electron chi connectivity index (χ3n) is 2.50. The summed E-state index contributed by atoms with van der Waals surface area (Å²) >= 11 is 1.53. The SMILES string of the molecule is N#Cc1c(-c2cccnc2)sc2ncccc12. The smallest absolute Gasteiger partial charge is 0.125 e. The summed E-state index contributed by atoms with van der Waals surface area (Å²) in [5.41, 5.74) is 1.65. The minimum atomic E-state index is 0.686. The van der Waals surface area contributed by atoms with Crippen molar-refractivity contribution in [2.75, 3.05) is 0 Å². The Hall–Kier alpha value is -2.25. The summed E-state index contributed by atoms with van der Waals surface area (Å²) in [4.78, 5) is 10.2. The fraction of sp³-hybridized carbons (Fsp3) is 0. The van der Waals surface area contributed by atoms with Gasteiger partial charge in [-0.3, -0.25) is 4.98 Å². The zero-order valence-electron chi connectivity index (χ0n) is 8.79. The summed E-state index contributed by atoms with van der Waals surface area (Å²) in [6.07, 6.45) is 5.24. The topological polar surface area (TPSA) is 49.6 Å². The molecule has 0 saturated carbocycles. The molecular weight excluding hydrogens is 230 g/mol. The second kappa shape index (κ2) is 3.96. The van der Waals surface area contributed by atoms with E-state index in [-0.39, 0.29) is 0 Å². The van der Waals surface area contributed by atoms with Gasteiger partial charge in [0, 0.05) is 29.5 Å². The van der Waals surface area contributed by atoms with Gasteiger partial charge in [-0.2, -0.15) is 5.26 Å². The van der Waals surface area contributed by atoms with Crippen molar-refractivity contribution in [3.63, 3.8) is 0 Å². The number of nitriles is 1. The first-order chi connectivity index (χ1) is 8.40. The average molecular weight is 237 g/mol. The Kier molecular flexibility index (Phi) is 2.32. The van der Waals surface area contributed by atoms with Crippen molar-refractivity contribution in [1.82, 2.24) is 9.97 Å². The van der Waals surface area contributed by atoms with Crippen LogP contribution in [-0.2, 0) is 0 Å².